The molecule has 0 bridgehead atoms. The van der Waals surface area contributed by atoms with E-state index in [9.17, 15) is 4.79 Å². The molecule has 5 nitrogen and oxygen atoms in total. The van der Waals surface area contributed by atoms with E-state index in [-0.39, 0.29) is 5.69 Å². The fraction of sp³-hybridized carbons (Fsp3) is 0.0667. The third kappa shape index (κ3) is 1.89. The second-order valence-electron chi connectivity index (χ2n) is 4.24. The zero-order chi connectivity index (χ0) is 14.1. The number of hydrogen-bond acceptors (Lipinski definition) is 4. The molecular formula is C15H11NO4. The second kappa shape index (κ2) is 4.70. The van der Waals surface area contributed by atoms with Crippen molar-refractivity contribution in [1.29, 1.82) is 0 Å². The monoisotopic (exact) mass is 269 g/mol. The molecule has 5 heteroatoms. The van der Waals surface area contributed by atoms with Gasteiger partial charge in [-0.2, -0.15) is 0 Å². The van der Waals surface area contributed by atoms with Crippen molar-refractivity contribution in [3.05, 3.63) is 48.2 Å². The largest absolute Gasteiger partial charge is 0.496 e. The number of aromatic carboxylic acids is 1. The number of rotatable bonds is 3. The third-order valence-electron chi connectivity index (χ3n) is 3.10. The highest BCUT2D eigenvalue weighted by Crippen LogP contribution is 2.34. The number of nitrogens with zero attached hydrogens (tertiary/aromatic N) is 1. The Kier molecular flexibility index (Phi) is 2.87. The van der Waals surface area contributed by atoms with Crippen molar-refractivity contribution in [1.82, 2.24) is 5.16 Å². The normalized spacial score (nSPS) is 10.7. The fourth-order valence-corrected chi connectivity index (χ4v) is 2.17. The SMILES string of the molecule is COc1ccc(-c2cc(C(=O)O)no2)c2ccccc12. The molecule has 0 amide bonds. The Morgan fingerprint density at radius 1 is 1.20 bits per heavy atom. The van der Waals surface area contributed by atoms with Gasteiger partial charge < -0.3 is 14.4 Å². The molecule has 0 aliphatic carbocycles. The predicted molar refractivity (Wildman–Crippen MR) is 73.0 cm³/mol. The van der Waals surface area contributed by atoms with Crippen LogP contribution in [0.3, 0.4) is 0 Å². The summed E-state index contributed by atoms with van der Waals surface area (Å²) in [6.07, 6.45) is 0. The van der Waals surface area contributed by atoms with Crippen LogP contribution >= 0.6 is 0 Å². The minimum absolute atomic E-state index is 0.111. The highest BCUT2D eigenvalue weighted by molar-refractivity contribution is 5.99. The van der Waals surface area contributed by atoms with E-state index in [2.05, 4.69) is 5.16 Å². The zero-order valence-electron chi connectivity index (χ0n) is 10.7. The maximum absolute atomic E-state index is 10.9. The number of carbonyl (C=O) groups is 1. The number of carboxylic acid groups (broad SMARTS) is 1. The molecule has 2 aromatic carbocycles. The molecule has 0 fully saturated rings. The average Bonchev–Trinajstić information content (AvgIpc) is 2.96. The smallest absolute Gasteiger partial charge is 0.358 e. The molecule has 1 heterocycles. The summed E-state index contributed by atoms with van der Waals surface area (Å²) in [4.78, 5) is 10.9. The first-order valence-electron chi connectivity index (χ1n) is 5.97. The molecule has 0 radical (unpaired) electrons. The highest BCUT2D eigenvalue weighted by Gasteiger charge is 2.15. The number of hydrogen-bond donors (Lipinski definition) is 1. The summed E-state index contributed by atoms with van der Waals surface area (Å²) in [6, 6.07) is 12.7. The van der Waals surface area contributed by atoms with Crippen LogP contribution in [0.5, 0.6) is 5.75 Å². The van der Waals surface area contributed by atoms with Crippen molar-refractivity contribution in [3.8, 4) is 17.1 Å². The van der Waals surface area contributed by atoms with E-state index in [1.54, 1.807) is 7.11 Å². The van der Waals surface area contributed by atoms with Crippen LogP contribution in [-0.4, -0.2) is 23.3 Å². The molecule has 3 rings (SSSR count). The van der Waals surface area contributed by atoms with Gasteiger partial charge in [0, 0.05) is 17.0 Å². The standard InChI is InChI=1S/C15H11NO4/c1-19-13-7-6-11(9-4-2-3-5-10(9)13)14-8-12(15(17)18)16-20-14/h2-8H,1H3,(H,17,18). The Balaban J connectivity index is 2.23. The van der Waals surface area contributed by atoms with E-state index in [1.165, 1.54) is 6.07 Å². The Bertz CT molecular complexity index is 791. The van der Waals surface area contributed by atoms with Gasteiger partial charge in [0.1, 0.15) is 5.75 Å². The van der Waals surface area contributed by atoms with Crippen LogP contribution in [-0.2, 0) is 0 Å². The number of carboxylic acids is 1. The molecule has 0 spiro atoms. The first-order chi connectivity index (χ1) is 9.70. The summed E-state index contributed by atoms with van der Waals surface area (Å²) in [5, 5.41) is 14.3. The topological polar surface area (TPSA) is 72.6 Å². The van der Waals surface area contributed by atoms with Crippen molar-refractivity contribution in [3.63, 3.8) is 0 Å². The van der Waals surface area contributed by atoms with E-state index in [4.69, 9.17) is 14.4 Å². The summed E-state index contributed by atoms with van der Waals surface area (Å²) >= 11 is 0. The molecule has 100 valence electrons. The van der Waals surface area contributed by atoms with Crippen LogP contribution < -0.4 is 4.74 Å². The van der Waals surface area contributed by atoms with Gasteiger partial charge in [-0.15, -0.1) is 0 Å². The third-order valence-corrected chi connectivity index (χ3v) is 3.10. The van der Waals surface area contributed by atoms with Gasteiger partial charge in [-0.1, -0.05) is 29.4 Å². The molecule has 20 heavy (non-hydrogen) atoms. The first-order valence-corrected chi connectivity index (χ1v) is 5.97. The quantitative estimate of drug-likeness (QED) is 0.790. The van der Waals surface area contributed by atoms with E-state index < -0.39 is 5.97 Å². The van der Waals surface area contributed by atoms with E-state index in [0.717, 1.165) is 22.1 Å². The van der Waals surface area contributed by atoms with Crippen molar-refractivity contribution in [2.24, 2.45) is 0 Å². The molecule has 0 aliphatic rings. The number of aromatic nitrogens is 1. The Morgan fingerprint density at radius 2 is 1.95 bits per heavy atom. The summed E-state index contributed by atoms with van der Waals surface area (Å²) in [7, 11) is 1.61. The van der Waals surface area contributed by atoms with E-state index in [1.807, 2.05) is 36.4 Å². The molecule has 1 N–H and O–H groups in total. The average molecular weight is 269 g/mol. The molecule has 0 aliphatic heterocycles. The number of ether oxygens (including phenoxy) is 1. The second-order valence-corrected chi connectivity index (χ2v) is 4.24. The van der Waals surface area contributed by atoms with Gasteiger partial charge in [-0.3, -0.25) is 0 Å². The van der Waals surface area contributed by atoms with Crippen LogP contribution in [0, 0.1) is 0 Å². The lowest BCUT2D eigenvalue weighted by Crippen LogP contribution is -1.94. The Hall–Kier alpha value is -2.82. The van der Waals surface area contributed by atoms with Gasteiger partial charge in [0.2, 0.25) is 0 Å². The fourth-order valence-electron chi connectivity index (χ4n) is 2.17. The Morgan fingerprint density at radius 3 is 2.60 bits per heavy atom. The minimum atomic E-state index is -1.11. The van der Waals surface area contributed by atoms with Gasteiger partial charge in [0.25, 0.3) is 0 Å². The number of methoxy groups -OCH3 is 1. The summed E-state index contributed by atoms with van der Waals surface area (Å²) in [5.41, 5.74) is 0.668. The van der Waals surface area contributed by atoms with Crippen LogP contribution in [0.4, 0.5) is 0 Å². The lowest BCUT2D eigenvalue weighted by molar-refractivity contribution is 0.0686. The summed E-state index contributed by atoms with van der Waals surface area (Å²) in [6.45, 7) is 0. The zero-order valence-corrected chi connectivity index (χ0v) is 10.7. The minimum Gasteiger partial charge on any atom is -0.496 e. The number of benzene rings is 2. The van der Waals surface area contributed by atoms with Gasteiger partial charge >= 0.3 is 5.97 Å². The van der Waals surface area contributed by atoms with Crippen molar-refractivity contribution >= 4 is 16.7 Å². The van der Waals surface area contributed by atoms with E-state index in [0.29, 0.717) is 5.76 Å². The molecule has 0 saturated heterocycles. The van der Waals surface area contributed by atoms with Gasteiger partial charge in [-0.05, 0) is 17.5 Å². The highest BCUT2D eigenvalue weighted by atomic mass is 16.5. The molecule has 0 saturated carbocycles. The van der Waals surface area contributed by atoms with Gasteiger partial charge in [-0.25, -0.2) is 4.79 Å². The Labute approximate surface area is 114 Å². The van der Waals surface area contributed by atoms with Gasteiger partial charge in [0.05, 0.1) is 7.11 Å². The van der Waals surface area contributed by atoms with Crippen LogP contribution in [0.2, 0.25) is 0 Å². The molecule has 0 unspecified atom stereocenters. The molecule has 0 atom stereocenters. The lowest BCUT2D eigenvalue weighted by Gasteiger charge is -2.08. The molecule has 3 aromatic rings. The molecular weight excluding hydrogens is 258 g/mol. The van der Waals surface area contributed by atoms with Crippen LogP contribution in [0.15, 0.2) is 47.0 Å². The van der Waals surface area contributed by atoms with Gasteiger partial charge in [0.15, 0.2) is 11.5 Å². The maximum atomic E-state index is 10.9. The van der Waals surface area contributed by atoms with E-state index >= 15 is 0 Å². The predicted octanol–water partition coefficient (Wildman–Crippen LogP) is 3.20. The maximum Gasteiger partial charge on any atom is 0.358 e. The lowest BCUT2D eigenvalue weighted by atomic mass is 10.0. The van der Waals surface area contributed by atoms with Crippen LogP contribution in [0.1, 0.15) is 10.5 Å². The van der Waals surface area contributed by atoms with Crippen molar-refractivity contribution in [2.75, 3.05) is 7.11 Å². The van der Waals surface area contributed by atoms with Crippen LogP contribution in [0.25, 0.3) is 22.1 Å². The number of fused-ring (bicyclic) bond motifs is 1. The summed E-state index contributed by atoms with van der Waals surface area (Å²) in [5.74, 6) is 0.0568. The molecule has 1 aromatic heterocycles. The van der Waals surface area contributed by atoms with Crippen molar-refractivity contribution in [2.45, 2.75) is 0 Å². The first kappa shape index (κ1) is 12.2. The summed E-state index contributed by atoms with van der Waals surface area (Å²) < 4.78 is 10.4. The van der Waals surface area contributed by atoms with Crippen molar-refractivity contribution < 1.29 is 19.2 Å².